The van der Waals surface area contributed by atoms with Crippen molar-refractivity contribution in [3.8, 4) is 11.5 Å². The smallest absolute Gasteiger partial charge is 0.225 e. The number of nitrogens with zero attached hydrogens (tertiary/aromatic N) is 1. The van der Waals surface area contributed by atoms with Gasteiger partial charge < -0.3 is 19.7 Å². The normalized spacial score (nSPS) is 14.2. The van der Waals surface area contributed by atoms with Gasteiger partial charge in [-0.2, -0.15) is 0 Å². The van der Waals surface area contributed by atoms with Crippen molar-refractivity contribution in [1.29, 1.82) is 0 Å². The van der Waals surface area contributed by atoms with Crippen molar-refractivity contribution in [2.24, 2.45) is 0 Å². The third kappa shape index (κ3) is 6.79. The van der Waals surface area contributed by atoms with Gasteiger partial charge in [0, 0.05) is 19.1 Å². The number of hydrogen-bond acceptors (Lipinski definition) is 4. The molecule has 1 aliphatic rings. The Labute approximate surface area is 178 Å². The molecule has 0 atom stereocenters. The molecule has 2 aromatic rings. The van der Waals surface area contributed by atoms with Gasteiger partial charge in [-0.25, -0.2) is 0 Å². The summed E-state index contributed by atoms with van der Waals surface area (Å²) in [6, 6.07) is 17.2. The van der Waals surface area contributed by atoms with Crippen LogP contribution in [0.1, 0.15) is 31.7 Å². The first-order chi connectivity index (χ1) is 14.6. The van der Waals surface area contributed by atoms with E-state index in [2.05, 4.69) is 5.32 Å². The number of ether oxygens (including phenoxy) is 2. The molecule has 0 aliphatic carbocycles. The van der Waals surface area contributed by atoms with Crippen molar-refractivity contribution in [1.82, 2.24) is 10.2 Å². The molecule has 30 heavy (non-hydrogen) atoms. The van der Waals surface area contributed by atoms with Gasteiger partial charge in [0.15, 0.2) is 0 Å². The standard InChI is InChI=1S/C24H30N2O4/c1-2-29-22-10-8-19(9-11-22)18-23(27)25-20-12-15-26(16-13-20)24(28)14-17-30-21-6-4-3-5-7-21/h3-11,20H,2,12-18H2,1H3,(H,25,27). The number of likely N-dealkylation sites (tertiary alicyclic amines) is 1. The van der Waals surface area contributed by atoms with Gasteiger partial charge in [-0.1, -0.05) is 30.3 Å². The zero-order valence-electron chi connectivity index (χ0n) is 17.5. The van der Waals surface area contributed by atoms with Crippen LogP contribution in [-0.4, -0.2) is 49.1 Å². The average molecular weight is 411 g/mol. The lowest BCUT2D eigenvalue weighted by Crippen LogP contribution is -2.47. The number of carbonyl (C=O) groups is 2. The largest absolute Gasteiger partial charge is 0.494 e. The summed E-state index contributed by atoms with van der Waals surface area (Å²) < 4.78 is 11.0. The maximum absolute atomic E-state index is 12.4. The molecule has 6 nitrogen and oxygen atoms in total. The Bertz CT molecular complexity index is 800. The van der Waals surface area contributed by atoms with Crippen LogP contribution >= 0.6 is 0 Å². The van der Waals surface area contributed by atoms with Gasteiger partial charge in [0.25, 0.3) is 0 Å². The van der Waals surface area contributed by atoms with Gasteiger partial charge in [-0.3, -0.25) is 9.59 Å². The van der Waals surface area contributed by atoms with Gasteiger partial charge in [-0.15, -0.1) is 0 Å². The second-order valence-electron chi connectivity index (χ2n) is 7.39. The minimum absolute atomic E-state index is 0.0141. The summed E-state index contributed by atoms with van der Waals surface area (Å²) >= 11 is 0. The van der Waals surface area contributed by atoms with Crippen LogP contribution in [0.2, 0.25) is 0 Å². The molecular formula is C24H30N2O4. The Kier molecular flexibility index (Phi) is 8.12. The first-order valence-electron chi connectivity index (χ1n) is 10.6. The van der Waals surface area contributed by atoms with Gasteiger partial charge in [0.2, 0.25) is 11.8 Å². The zero-order chi connectivity index (χ0) is 21.2. The Morgan fingerprint density at radius 2 is 1.63 bits per heavy atom. The molecular weight excluding hydrogens is 380 g/mol. The van der Waals surface area contributed by atoms with E-state index in [1.54, 1.807) is 0 Å². The number of amides is 2. The van der Waals surface area contributed by atoms with Crippen molar-refractivity contribution < 1.29 is 19.1 Å². The van der Waals surface area contributed by atoms with Crippen LogP contribution < -0.4 is 14.8 Å². The van der Waals surface area contributed by atoms with E-state index >= 15 is 0 Å². The van der Waals surface area contributed by atoms with Gasteiger partial charge in [-0.05, 0) is 49.6 Å². The molecule has 0 unspecified atom stereocenters. The minimum atomic E-state index is 0.0141. The summed E-state index contributed by atoms with van der Waals surface area (Å²) in [6.07, 6.45) is 2.27. The lowest BCUT2D eigenvalue weighted by atomic mass is 10.0. The predicted molar refractivity (Wildman–Crippen MR) is 116 cm³/mol. The second-order valence-corrected chi connectivity index (χ2v) is 7.39. The minimum Gasteiger partial charge on any atom is -0.494 e. The lowest BCUT2D eigenvalue weighted by molar-refractivity contribution is -0.132. The van der Waals surface area contributed by atoms with Crippen LogP contribution in [0.15, 0.2) is 54.6 Å². The molecule has 1 heterocycles. The fraction of sp³-hybridized carbons (Fsp3) is 0.417. The van der Waals surface area contributed by atoms with E-state index in [4.69, 9.17) is 9.47 Å². The van der Waals surface area contributed by atoms with Crippen LogP contribution in [0.5, 0.6) is 11.5 Å². The van der Waals surface area contributed by atoms with E-state index in [9.17, 15) is 9.59 Å². The summed E-state index contributed by atoms with van der Waals surface area (Å²) in [4.78, 5) is 26.6. The molecule has 1 aliphatic heterocycles. The predicted octanol–water partition coefficient (Wildman–Crippen LogP) is 3.20. The summed E-state index contributed by atoms with van der Waals surface area (Å²) in [5.74, 6) is 1.71. The highest BCUT2D eigenvalue weighted by molar-refractivity contribution is 5.79. The summed E-state index contributed by atoms with van der Waals surface area (Å²) in [6.45, 7) is 4.28. The molecule has 0 bridgehead atoms. The quantitative estimate of drug-likeness (QED) is 0.689. The number of nitrogens with one attached hydrogen (secondary N) is 1. The number of benzene rings is 2. The number of hydrogen-bond donors (Lipinski definition) is 1. The molecule has 6 heteroatoms. The first-order valence-corrected chi connectivity index (χ1v) is 10.6. The van der Waals surface area contributed by atoms with Gasteiger partial charge >= 0.3 is 0 Å². The first kappa shape index (κ1) is 21.7. The Morgan fingerprint density at radius 3 is 2.30 bits per heavy atom. The summed E-state index contributed by atoms with van der Waals surface area (Å²) in [7, 11) is 0. The molecule has 0 spiro atoms. The molecule has 2 aromatic carbocycles. The van der Waals surface area contributed by atoms with E-state index < -0.39 is 0 Å². The molecule has 0 radical (unpaired) electrons. The van der Waals surface area contributed by atoms with E-state index in [1.165, 1.54) is 0 Å². The van der Waals surface area contributed by atoms with E-state index in [0.717, 1.165) is 29.9 Å². The zero-order valence-corrected chi connectivity index (χ0v) is 17.5. The molecule has 3 rings (SSSR count). The summed E-state index contributed by atoms with van der Waals surface area (Å²) in [5, 5.41) is 3.10. The Hall–Kier alpha value is -3.02. The fourth-order valence-electron chi connectivity index (χ4n) is 3.54. The van der Waals surface area contributed by atoms with E-state index in [1.807, 2.05) is 66.4 Å². The molecule has 1 saturated heterocycles. The van der Waals surface area contributed by atoms with Crippen LogP contribution in [-0.2, 0) is 16.0 Å². The third-order valence-corrected chi connectivity index (χ3v) is 5.14. The molecule has 2 amide bonds. The number of piperidine rings is 1. The highest BCUT2D eigenvalue weighted by Crippen LogP contribution is 2.15. The van der Waals surface area contributed by atoms with Gasteiger partial charge in [0.05, 0.1) is 26.1 Å². The van der Waals surface area contributed by atoms with Crippen LogP contribution in [0, 0.1) is 0 Å². The fourth-order valence-corrected chi connectivity index (χ4v) is 3.54. The van der Waals surface area contributed by atoms with Crippen molar-refractivity contribution in [3.63, 3.8) is 0 Å². The maximum Gasteiger partial charge on any atom is 0.225 e. The Morgan fingerprint density at radius 1 is 0.967 bits per heavy atom. The topological polar surface area (TPSA) is 67.9 Å². The third-order valence-electron chi connectivity index (χ3n) is 5.14. The number of para-hydroxylation sites is 1. The SMILES string of the molecule is CCOc1ccc(CC(=O)NC2CCN(C(=O)CCOc3ccccc3)CC2)cc1. The maximum atomic E-state index is 12.4. The van der Waals surface area contributed by atoms with E-state index in [-0.39, 0.29) is 17.9 Å². The monoisotopic (exact) mass is 410 g/mol. The molecule has 0 aromatic heterocycles. The van der Waals surface area contributed by atoms with Crippen LogP contribution in [0.4, 0.5) is 0 Å². The highest BCUT2D eigenvalue weighted by atomic mass is 16.5. The lowest BCUT2D eigenvalue weighted by Gasteiger charge is -2.32. The van der Waals surface area contributed by atoms with Crippen LogP contribution in [0.25, 0.3) is 0 Å². The average Bonchev–Trinajstić information content (AvgIpc) is 2.76. The Balaban J connectivity index is 1.34. The second kappa shape index (κ2) is 11.2. The molecule has 1 N–H and O–H groups in total. The van der Waals surface area contributed by atoms with Crippen molar-refractivity contribution in [2.75, 3.05) is 26.3 Å². The summed E-state index contributed by atoms with van der Waals surface area (Å²) in [5.41, 5.74) is 0.960. The van der Waals surface area contributed by atoms with Crippen molar-refractivity contribution in [2.45, 2.75) is 38.6 Å². The van der Waals surface area contributed by atoms with Crippen molar-refractivity contribution in [3.05, 3.63) is 60.2 Å². The molecule has 160 valence electrons. The van der Waals surface area contributed by atoms with E-state index in [0.29, 0.717) is 39.1 Å². The molecule has 1 fully saturated rings. The van der Waals surface area contributed by atoms with Crippen molar-refractivity contribution >= 4 is 11.8 Å². The van der Waals surface area contributed by atoms with Gasteiger partial charge in [0.1, 0.15) is 11.5 Å². The highest BCUT2D eigenvalue weighted by Gasteiger charge is 2.23. The molecule has 0 saturated carbocycles. The number of rotatable bonds is 9. The number of carbonyl (C=O) groups excluding carboxylic acids is 2. The van der Waals surface area contributed by atoms with Crippen LogP contribution in [0.3, 0.4) is 0 Å².